The van der Waals surface area contributed by atoms with Gasteiger partial charge in [0.1, 0.15) is 11.3 Å². The minimum Gasteiger partial charge on any atom is -0.406 e. The third-order valence-corrected chi connectivity index (χ3v) is 8.09. The number of alkyl halides is 3. The average Bonchev–Trinajstić information content (AvgIpc) is 3.26. The molecule has 6 rings (SSSR count). The lowest BCUT2D eigenvalue weighted by Gasteiger charge is -2.60. The van der Waals surface area contributed by atoms with Gasteiger partial charge in [0.05, 0.1) is 5.69 Å². The van der Waals surface area contributed by atoms with Gasteiger partial charge < -0.3 is 15.0 Å². The van der Waals surface area contributed by atoms with E-state index in [2.05, 4.69) is 49.3 Å². The number of halogens is 3. The van der Waals surface area contributed by atoms with Crippen LogP contribution in [0.15, 0.2) is 60.8 Å². The normalized spacial score (nSPS) is 16.6. The summed E-state index contributed by atoms with van der Waals surface area (Å²) >= 11 is 0. The lowest BCUT2D eigenvalue weighted by atomic mass is 9.56. The molecule has 2 aromatic carbocycles. The summed E-state index contributed by atoms with van der Waals surface area (Å²) in [7, 11) is 0. The number of nitrogens with one attached hydrogen (secondary N) is 1. The van der Waals surface area contributed by atoms with Crippen molar-refractivity contribution in [2.24, 2.45) is 5.41 Å². The number of ether oxygens (including phenoxy) is 1. The van der Waals surface area contributed by atoms with Crippen molar-refractivity contribution in [2.45, 2.75) is 51.9 Å². The molecular weight excluding hydrogens is 519 g/mol. The summed E-state index contributed by atoms with van der Waals surface area (Å²) < 4.78 is 42.8. The van der Waals surface area contributed by atoms with Crippen LogP contribution in [-0.2, 0) is 13.0 Å². The highest BCUT2D eigenvalue weighted by Gasteiger charge is 2.52. The van der Waals surface area contributed by atoms with Crippen molar-refractivity contribution in [1.29, 1.82) is 0 Å². The van der Waals surface area contributed by atoms with Gasteiger partial charge in [-0.15, -0.1) is 13.2 Å². The second kappa shape index (κ2) is 9.83. The molecule has 40 heavy (non-hydrogen) atoms. The molecule has 1 saturated carbocycles. The summed E-state index contributed by atoms with van der Waals surface area (Å²) in [5.41, 5.74) is 6.27. The first-order chi connectivity index (χ1) is 19.1. The number of anilines is 1. The van der Waals surface area contributed by atoms with Gasteiger partial charge in [-0.1, -0.05) is 31.2 Å². The van der Waals surface area contributed by atoms with Crippen molar-refractivity contribution in [3.8, 4) is 5.75 Å². The van der Waals surface area contributed by atoms with Crippen LogP contribution in [0.4, 0.5) is 18.9 Å². The maximum atomic E-state index is 13.1. The van der Waals surface area contributed by atoms with Crippen LogP contribution in [-0.4, -0.2) is 40.0 Å². The van der Waals surface area contributed by atoms with Gasteiger partial charge in [-0.05, 0) is 73.6 Å². The molecule has 1 amide bonds. The molecule has 10 heteroatoms. The summed E-state index contributed by atoms with van der Waals surface area (Å²) in [5, 5.41) is 7.59. The SMILES string of the molecule is CCc1nn2c(C)ccnc2c1C(=O)NCc1ccc(C2CC3(C2)CN(c2ccc(OC(F)(F)F)cc2)C3)cc1. The average molecular weight is 550 g/mol. The second-order valence-corrected chi connectivity index (χ2v) is 10.9. The van der Waals surface area contributed by atoms with E-state index in [-0.39, 0.29) is 17.1 Å². The van der Waals surface area contributed by atoms with Crippen molar-refractivity contribution in [3.63, 3.8) is 0 Å². The van der Waals surface area contributed by atoms with Crippen molar-refractivity contribution in [2.75, 3.05) is 18.0 Å². The fourth-order valence-electron chi connectivity index (χ4n) is 6.05. The molecular formula is C30H30F3N5O2. The Kier molecular flexibility index (Phi) is 6.43. The summed E-state index contributed by atoms with van der Waals surface area (Å²) in [5.74, 6) is 0.118. The van der Waals surface area contributed by atoms with Gasteiger partial charge in [-0.2, -0.15) is 5.10 Å². The third-order valence-electron chi connectivity index (χ3n) is 8.09. The molecule has 1 N–H and O–H groups in total. The molecule has 4 aromatic rings. The van der Waals surface area contributed by atoms with Crippen LogP contribution in [0.3, 0.4) is 0 Å². The van der Waals surface area contributed by atoms with E-state index in [1.54, 1.807) is 22.8 Å². The number of rotatable bonds is 7. The zero-order chi connectivity index (χ0) is 28.1. The van der Waals surface area contributed by atoms with E-state index in [1.165, 1.54) is 17.7 Å². The first kappa shape index (κ1) is 26.2. The topological polar surface area (TPSA) is 71.8 Å². The molecule has 2 aliphatic rings. The van der Waals surface area contributed by atoms with Crippen molar-refractivity contribution < 1.29 is 22.7 Å². The van der Waals surface area contributed by atoms with E-state index in [1.807, 2.05) is 19.9 Å². The van der Waals surface area contributed by atoms with Gasteiger partial charge in [-0.25, -0.2) is 9.50 Å². The summed E-state index contributed by atoms with van der Waals surface area (Å²) in [6.45, 7) is 6.15. The number of carbonyl (C=O) groups excluding carboxylic acids is 1. The van der Waals surface area contributed by atoms with Crippen molar-refractivity contribution in [1.82, 2.24) is 19.9 Å². The van der Waals surface area contributed by atoms with Crippen molar-refractivity contribution >= 4 is 17.2 Å². The number of nitrogens with zero attached hydrogens (tertiary/aromatic N) is 4. The summed E-state index contributed by atoms with van der Waals surface area (Å²) in [4.78, 5) is 19.7. The zero-order valence-electron chi connectivity index (χ0n) is 22.3. The number of carbonyl (C=O) groups is 1. The molecule has 2 fully saturated rings. The molecule has 0 bridgehead atoms. The zero-order valence-corrected chi connectivity index (χ0v) is 22.3. The van der Waals surface area contributed by atoms with Crippen LogP contribution in [0, 0.1) is 12.3 Å². The van der Waals surface area contributed by atoms with Gasteiger partial charge in [0.25, 0.3) is 5.91 Å². The first-order valence-electron chi connectivity index (χ1n) is 13.4. The highest BCUT2D eigenvalue weighted by atomic mass is 19.4. The monoisotopic (exact) mass is 549 g/mol. The Morgan fingerprint density at radius 2 is 1.77 bits per heavy atom. The maximum Gasteiger partial charge on any atom is 0.573 e. The highest BCUT2D eigenvalue weighted by Crippen LogP contribution is 2.56. The van der Waals surface area contributed by atoms with E-state index in [0.29, 0.717) is 30.1 Å². The Balaban J connectivity index is 1.01. The summed E-state index contributed by atoms with van der Waals surface area (Å²) in [6, 6.07) is 16.4. The smallest absolute Gasteiger partial charge is 0.406 e. The Bertz CT molecular complexity index is 1530. The molecule has 1 spiro atoms. The van der Waals surface area contributed by atoms with E-state index in [0.717, 1.165) is 48.6 Å². The summed E-state index contributed by atoms with van der Waals surface area (Å²) in [6.07, 6.45) is -0.155. The lowest BCUT2D eigenvalue weighted by Crippen LogP contribution is -2.61. The van der Waals surface area contributed by atoms with Gasteiger partial charge in [0.2, 0.25) is 0 Å². The highest BCUT2D eigenvalue weighted by molar-refractivity contribution is 6.01. The van der Waals surface area contributed by atoms with E-state index in [4.69, 9.17) is 0 Å². The Morgan fingerprint density at radius 3 is 2.42 bits per heavy atom. The molecule has 2 aromatic heterocycles. The minimum atomic E-state index is -4.68. The van der Waals surface area contributed by atoms with E-state index in [9.17, 15) is 18.0 Å². The predicted octanol–water partition coefficient (Wildman–Crippen LogP) is 5.81. The Hall–Kier alpha value is -4.08. The van der Waals surface area contributed by atoms with Crippen LogP contribution < -0.4 is 15.0 Å². The number of aryl methyl sites for hydroxylation is 2. The van der Waals surface area contributed by atoms with Crippen LogP contribution in [0.1, 0.15) is 58.6 Å². The lowest BCUT2D eigenvalue weighted by molar-refractivity contribution is -0.274. The molecule has 0 atom stereocenters. The van der Waals surface area contributed by atoms with Gasteiger partial charge in [0.15, 0.2) is 5.65 Å². The second-order valence-electron chi connectivity index (χ2n) is 10.9. The van der Waals surface area contributed by atoms with Gasteiger partial charge >= 0.3 is 6.36 Å². The number of aromatic nitrogens is 3. The van der Waals surface area contributed by atoms with Crippen LogP contribution in [0.2, 0.25) is 0 Å². The van der Waals surface area contributed by atoms with E-state index < -0.39 is 6.36 Å². The number of hydrogen-bond acceptors (Lipinski definition) is 5. The van der Waals surface area contributed by atoms with Gasteiger partial charge in [0, 0.05) is 42.6 Å². The third kappa shape index (κ3) is 4.98. The fourth-order valence-corrected chi connectivity index (χ4v) is 6.05. The van der Waals surface area contributed by atoms with E-state index >= 15 is 0 Å². The predicted molar refractivity (Wildman–Crippen MR) is 144 cm³/mol. The standard InChI is InChI=1S/C30H30F3N5O2/c1-3-25-26(27-34-13-12-19(2)38(27)36-25)28(39)35-16-20-4-6-21(7-5-20)22-14-29(15-22)17-37(18-29)23-8-10-24(11-9-23)40-30(31,32)33/h4-13,22H,3,14-18H2,1-2H3,(H,35,39). The largest absolute Gasteiger partial charge is 0.573 e. The quantitative estimate of drug-likeness (QED) is 0.315. The number of fused-ring (bicyclic) bond motifs is 1. The molecule has 0 unspecified atom stereocenters. The van der Waals surface area contributed by atoms with Gasteiger partial charge in [-0.3, -0.25) is 4.79 Å². The molecule has 3 heterocycles. The molecule has 7 nitrogen and oxygen atoms in total. The van der Waals surface area contributed by atoms with Crippen LogP contribution in [0.25, 0.3) is 5.65 Å². The molecule has 208 valence electrons. The maximum absolute atomic E-state index is 13.1. The van der Waals surface area contributed by atoms with Crippen LogP contribution >= 0.6 is 0 Å². The number of benzene rings is 2. The fraction of sp³-hybridized carbons (Fsp3) is 0.367. The molecule has 1 aliphatic heterocycles. The number of amides is 1. The molecule has 1 aliphatic carbocycles. The first-order valence-corrected chi connectivity index (χ1v) is 13.4. The Labute approximate surface area is 230 Å². The minimum absolute atomic E-state index is 0.174. The van der Waals surface area contributed by atoms with Crippen molar-refractivity contribution in [3.05, 3.63) is 88.9 Å². The number of hydrogen-bond donors (Lipinski definition) is 1. The molecule has 0 radical (unpaired) electrons. The Morgan fingerprint density at radius 1 is 1.07 bits per heavy atom. The molecule has 1 saturated heterocycles. The van der Waals surface area contributed by atoms with Crippen LogP contribution in [0.5, 0.6) is 5.75 Å².